The van der Waals surface area contributed by atoms with Crippen molar-refractivity contribution in [1.82, 2.24) is 4.90 Å². The first kappa shape index (κ1) is 17.4. The van der Waals surface area contributed by atoms with Crippen molar-refractivity contribution in [2.45, 2.75) is 11.4 Å². The predicted octanol–water partition coefficient (Wildman–Crippen LogP) is 3.49. The molecule has 0 aliphatic carbocycles. The first-order chi connectivity index (χ1) is 11.1. The van der Waals surface area contributed by atoms with Gasteiger partial charge in [-0.05, 0) is 31.5 Å². The number of anilines is 1. The van der Waals surface area contributed by atoms with Crippen LogP contribution >= 0.6 is 11.8 Å². The van der Waals surface area contributed by atoms with Gasteiger partial charge in [0.1, 0.15) is 5.75 Å². The summed E-state index contributed by atoms with van der Waals surface area (Å²) in [6.45, 7) is 0.975. The Morgan fingerprint density at radius 2 is 1.87 bits per heavy atom. The van der Waals surface area contributed by atoms with Gasteiger partial charge >= 0.3 is 0 Å². The second-order valence-corrected chi connectivity index (χ2v) is 6.08. The molecule has 0 saturated carbocycles. The van der Waals surface area contributed by atoms with Crippen LogP contribution in [-0.2, 0) is 11.3 Å². The third-order valence-electron chi connectivity index (χ3n) is 3.43. The summed E-state index contributed by atoms with van der Waals surface area (Å²) in [4.78, 5) is 15.3. The topological polar surface area (TPSA) is 41.6 Å². The maximum absolute atomic E-state index is 12.2. The second-order valence-electron chi connectivity index (χ2n) is 5.23. The number of para-hydroxylation sites is 2. The molecular weight excluding hydrogens is 308 g/mol. The van der Waals surface area contributed by atoms with E-state index in [9.17, 15) is 4.79 Å². The van der Waals surface area contributed by atoms with E-state index in [1.54, 1.807) is 18.9 Å². The van der Waals surface area contributed by atoms with Crippen LogP contribution in [0.15, 0.2) is 53.4 Å². The van der Waals surface area contributed by atoms with E-state index in [2.05, 4.69) is 5.32 Å². The summed E-state index contributed by atoms with van der Waals surface area (Å²) < 4.78 is 5.35. The Morgan fingerprint density at radius 3 is 2.61 bits per heavy atom. The van der Waals surface area contributed by atoms with Crippen LogP contribution in [-0.4, -0.2) is 37.8 Å². The van der Waals surface area contributed by atoms with E-state index >= 15 is 0 Å². The summed E-state index contributed by atoms with van der Waals surface area (Å²) in [5.74, 6) is 0.816. The summed E-state index contributed by atoms with van der Waals surface area (Å²) in [6, 6.07) is 15.7. The predicted molar refractivity (Wildman–Crippen MR) is 96.2 cm³/mol. The van der Waals surface area contributed by atoms with Crippen molar-refractivity contribution in [3.8, 4) is 5.75 Å². The summed E-state index contributed by atoms with van der Waals surface area (Å²) in [5, 5.41) is 2.97. The van der Waals surface area contributed by atoms with Gasteiger partial charge in [-0.1, -0.05) is 30.3 Å². The number of benzene rings is 2. The molecule has 0 aliphatic rings. The molecule has 0 aromatic heterocycles. The minimum absolute atomic E-state index is 0.0242. The minimum Gasteiger partial charge on any atom is -0.496 e. The summed E-state index contributed by atoms with van der Waals surface area (Å²) in [6.07, 6.45) is 2.00. The molecule has 1 N–H and O–H groups in total. The van der Waals surface area contributed by atoms with Crippen LogP contribution in [0, 0.1) is 0 Å². The van der Waals surface area contributed by atoms with Gasteiger partial charge in [0, 0.05) is 17.0 Å². The van der Waals surface area contributed by atoms with E-state index in [0.29, 0.717) is 13.1 Å². The molecule has 0 aliphatic heterocycles. The lowest BCUT2D eigenvalue weighted by atomic mass is 10.2. The van der Waals surface area contributed by atoms with Crippen LogP contribution in [0.1, 0.15) is 5.56 Å². The number of carbonyl (C=O) groups excluding carboxylic acids is 1. The van der Waals surface area contributed by atoms with Crippen molar-refractivity contribution in [2.75, 3.05) is 32.3 Å². The van der Waals surface area contributed by atoms with Crippen LogP contribution in [0.2, 0.25) is 0 Å². The largest absolute Gasteiger partial charge is 0.496 e. The number of nitrogens with zero attached hydrogens (tertiary/aromatic N) is 1. The quantitative estimate of drug-likeness (QED) is 0.789. The monoisotopic (exact) mass is 330 g/mol. The number of likely N-dealkylation sites (N-methyl/N-ethyl adjacent to an activating group) is 1. The highest BCUT2D eigenvalue weighted by Gasteiger charge is 2.11. The fourth-order valence-electron chi connectivity index (χ4n) is 2.36. The van der Waals surface area contributed by atoms with Crippen molar-refractivity contribution in [2.24, 2.45) is 0 Å². The highest BCUT2D eigenvalue weighted by atomic mass is 32.2. The van der Waals surface area contributed by atoms with Gasteiger partial charge in [0.25, 0.3) is 0 Å². The van der Waals surface area contributed by atoms with E-state index in [0.717, 1.165) is 21.9 Å². The number of rotatable bonds is 7. The van der Waals surface area contributed by atoms with Crippen molar-refractivity contribution < 1.29 is 9.53 Å². The summed E-state index contributed by atoms with van der Waals surface area (Å²) >= 11 is 1.62. The molecule has 23 heavy (non-hydrogen) atoms. The molecule has 122 valence electrons. The normalized spacial score (nSPS) is 10.6. The summed E-state index contributed by atoms with van der Waals surface area (Å²) in [5.41, 5.74) is 1.92. The third-order valence-corrected chi connectivity index (χ3v) is 4.22. The number of amides is 1. The highest BCUT2D eigenvalue weighted by Crippen LogP contribution is 2.24. The van der Waals surface area contributed by atoms with Crippen molar-refractivity contribution in [1.29, 1.82) is 0 Å². The van der Waals surface area contributed by atoms with Gasteiger partial charge in [0.2, 0.25) is 5.91 Å². The van der Waals surface area contributed by atoms with Crippen LogP contribution < -0.4 is 10.1 Å². The minimum atomic E-state index is -0.0242. The molecule has 2 aromatic rings. The zero-order valence-electron chi connectivity index (χ0n) is 13.7. The Morgan fingerprint density at radius 1 is 1.17 bits per heavy atom. The van der Waals surface area contributed by atoms with Crippen LogP contribution in [0.25, 0.3) is 0 Å². The molecule has 5 heteroatoms. The third kappa shape index (κ3) is 5.01. The van der Waals surface area contributed by atoms with Gasteiger partial charge < -0.3 is 10.1 Å². The second kappa shape index (κ2) is 8.60. The van der Waals surface area contributed by atoms with Gasteiger partial charge in [0.15, 0.2) is 0 Å². The molecule has 0 atom stereocenters. The molecule has 0 unspecified atom stereocenters. The molecule has 0 radical (unpaired) electrons. The van der Waals surface area contributed by atoms with E-state index in [4.69, 9.17) is 4.74 Å². The molecule has 1 amide bonds. The fraction of sp³-hybridized carbons (Fsp3) is 0.278. The van der Waals surface area contributed by atoms with Crippen LogP contribution in [0.4, 0.5) is 5.69 Å². The molecule has 0 saturated heterocycles. The Bertz CT molecular complexity index is 661. The molecule has 2 rings (SSSR count). The van der Waals surface area contributed by atoms with Gasteiger partial charge in [-0.3, -0.25) is 9.69 Å². The number of thioether (sulfide) groups is 1. The fourth-order valence-corrected chi connectivity index (χ4v) is 2.92. The molecule has 0 bridgehead atoms. The van der Waals surface area contributed by atoms with Crippen molar-refractivity contribution >= 4 is 23.4 Å². The molecule has 0 heterocycles. The number of ether oxygens (including phenoxy) is 1. The number of carbonyl (C=O) groups is 1. The smallest absolute Gasteiger partial charge is 0.238 e. The van der Waals surface area contributed by atoms with E-state index in [1.807, 2.05) is 66.7 Å². The Balaban J connectivity index is 1.94. The van der Waals surface area contributed by atoms with E-state index in [-0.39, 0.29) is 5.91 Å². The summed E-state index contributed by atoms with van der Waals surface area (Å²) in [7, 11) is 3.58. The molecule has 0 spiro atoms. The Kier molecular flexibility index (Phi) is 6.50. The highest BCUT2D eigenvalue weighted by molar-refractivity contribution is 7.98. The van der Waals surface area contributed by atoms with Gasteiger partial charge in [-0.25, -0.2) is 0 Å². The zero-order valence-corrected chi connectivity index (χ0v) is 14.5. The average Bonchev–Trinajstić information content (AvgIpc) is 2.55. The van der Waals surface area contributed by atoms with Gasteiger partial charge in [0.05, 0.1) is 19.3 Å². The average molecular weight is 330 g/mol. The first-order valence-corrected chi connectivity index (χ1v) is 8.60. The standard InChI is InChI=1S/C18H22N2O2S/c1-20(12-14-8-4-6-10-16(14)22-2)13-18(21)19-15-9-5-7-11-17(15)23-3/h4-11H,12-13H2,1-3H3,(H,19,21). The van der Waals surface area contributed by atoms with Crippen molar-refractivity contribution in [3.05, 3.63) is 54.1 Å². The lowest BCUT2D eigenvalue weighted by molar-refractivity contribution is -0.117. The van der Waals surface area contributed by atoms with Crippen LogP contribution in [0.5, 0.6) is 5.75 Å². The van der Waals surface area contributed by atoms with E-state index < -0.39 is 0 Å². The first-order valence-electron chi connectivity index (χ1n) is 7.37. The lowest BCUT2D eigenvalue weighted by Crippen LogP contribution is -2.30. The van der Waals surface area contributed by atoms with Crippen LogP contribution in [0.3, 0.4) is 0 Å². The number of hydrogen-bond donors (Lipinski definition) is 1. The molecule has 4 nitrogen and oxygen atoms in total. The molecule has 2 aromatic carbocycles. The SMILES string of the molecule is COc1ccccc1CN(C)CC(=O)Nc1ccccc1SC. The van der Waals surface area contributed by atoms with Crippen molar-refractivity contribution in [3.63, 3.8) is 0 Å². The Labute approximate surface area is 141 Å². The van der Waals surface area contributed by atoms with E-state index in [1.165, 1.54) is 0 Å². The lowest BCUT2D eigenvalue weighted by Gasteiger charge is -2.18. The van der Waals surface area contributed by atoms with Gasteiger partial charge in [-0.2, -0.15) is 0 Å². The number of nitrogens with one attached hydrogen (secondary N) is 1. The van der Waals surface area contributed by atoms with Gasteiger partial charge in [-0.15, -0.1) is 11.8 Å². The maximum atomic E-state index is 12.2. The number of hydrogen-bond acceptors (Lipinski definition) is 4. The number of methoxy groups -OCH3 is 1. The molecule has 0 fully saturated rings. The Hall–Kier alpha value is -1.98. The molecular formula is C18H22N2O2S. The zero-order chi connectivity index (χ0) is 16.7. The maximum Gasteiger partial charge on any atom is 0.238 e.